The molecule has 3 nitrogen and oxygen atoms in total. The van der Waals surface area contributed by atoms with Crippen molar-refractivity contribution in [2.75, 3.05) is 0 Å². The predicted octanol–water partition coefficient (Wildman–Crippen LogP) is 2.62. The van der Waals surface area contributed by atoms with Gasteiger partial charge >= 0.3 is 0 Å². The lowest BCUT2D eigenvalue weighted by Crippen LogP contribution is -2.24. The molecule has 0 atom stereocenters. The third kappa shape index (κ3) is 1.83. The van der Waals surface area contributed by atoms with Crippen LogP contribution >= 0.6 is 0 Å². The van der Waals surface area contributed by atoms with E-state index in [2.05, 4.69) is 37.7 Å². The first-order valence-electron chi connectivity index (χ1n) is 5.45. The number of aromatic nitrogens is 2. The fourth-order valence-corrected chi connectivity index (χ4v) is 1.87. The van der Waals surface area contributed by atoms with Crippen LogP contribution in [0.2, 0.25) is 0 Å². The lowest BCUT2D eigenvalue weighted by molar-refractivity contribution is 0.137. The molecule has 0 bridgehead atoms. The SMILES string of the molecule is Cc1nc(C(C)C)nc2c1OC(C)(C)C2. The van der Waals surface area contributed by atoms with Crippen molar-refractivity contribution in [1.82, 2.24) is 9.97 Å². The van der Waals surface area contributed by atoms with Crippen molar-refractivity contribution in [1.29, 1.82) is 0 Å². The minimum atomic E-state index is -0.128. The normalized spacial score (nSPS) is 17.7. The summed E-state index contributed by atoms with van der Waals surface area (Å²) in [7, 11) is 0. The van der Waals surface area contributed by atoms with Gasteiger partial charge in [0.25, 0.3) is 0 Å². The van der Waals surface area contributed by atoms with Crippen molar-refractivity contribution < 1.29 is 4.74 Å². The highest BCUT2D eigenvalue weighted by atomic mass is 16.5. The summed E-state index contributed by atoms with van der Waals surface area (Å²) in [6.45, 7) is 10.4. The van der Waals surface area contributed by atoms with Gasteiger partial charge in [0.15, 0.2) is 5.75 Å². The van der Waals surface area contributed by atoms with Crippen LogP contribution in [0.5, 0.6) is 5.75 Å². The van der Waals surface area contributed by atoms with Gasteiger partial charge in [0.1, 0.15) is 11.4 Å². The van der Waals surface area contributed by atoms with Crippen LogP contribution in [-0.4, -0.2) is 15.6 Å². The molecule has 1 aromatic heterocycles. The quantitative estimate of drug-likeness (QED) is 0.708. The van der Waals surface area contributed by atoms with Crippen LogP contribution in [0.1, 0.15) is 50.8 Å². The van der Waals surface area contributed by atoms with Crippen LogP contribution in [0.4, 0.5) is 0 Å². The molecular formula is C12H18N2O. The van der Waals surface area contributed by atoms with Gasteiger partial charge < -0.3 is 4.74 Å². The Hall–Kier alpha value is -1.12. The number of ether oxygens (including phenoxy) is 1. The maximum absolute atomic E-state index is 5.83. The number of nitrogens with zero attached hydrogens (tertiary/aromatic N) is 2. The topological polar surface area (TPSA) is 35.0 Å². The highest BCUT2D eigenvalue weighted by molar-refractivity contribution is 5.38. The average Bonchev–Trinajstić information content (AvgIpc) is 2.39. The second-order valence-electron chi connectivity index (χ2n) is 5.14. The summed E-state index contributed by atoms with van der Waals surface area (Å²) in [6, 6.07) is 0. The molecule has 0 unspecified atom stereocenters. The molecular weight excluding hydrogens is 188 g/mol. The summed E-state index contributed by atoms with van der Waals surface area (Å²) < 4.78 is 5.83. The van der Waals surface area contributed by atoms with Gasteiger partial charge in [0.05, 0.1) is 11.4 Å². The van der Waals surface area contributed by atoms with Crippen LogP contribution < -0.4 is 4.74 Å². The number of rotatable bonds is 1. The van der Waals surface area contributed by atoms with Gasteiger partial charge in [-0.25, -0.2) is 9.97 Å². The second-order valence-corrected chi connectivity index (χ2v) is 5.14. The van der Waals surface area contributed by atoms with E-state index in [1.54, 1.807) is 0 Å². The molecule has 82 valence electrons. The first-order valence-corrected chi connectivity index (χ1v) is 5.45. The van der Waals surface area contributed by atoms with E-state index in [0.29, 0.717) is 5.92 Å². The van der Waals surface area contributed by atoms with E-state index in [1.165, 1.54) is 0 Å². The molecule has 1 aromatic rings. The molecule has 0 saturated carbocycles. The van der Waals surface area contributed by atoms with E-state index in [4.69, 9.17) is 4.74 Å². The van der Waals surface area contributed by atoms with E-state index < -0.39 is 0 Å². The zero-order valence-electron chi connectivity index (χ0n) is 10.1. The molecule has 0 fully saturated rings. The Morgan fingerprint density at radius 3 is 2.53 bits per heavy atom. The van der Waals surface area contributed by atoms with E-state index in [0.717, 1.165) is 29.4 Å². The van der Waals surface area contributed by atoms with Crippen molar-refractivity contribution in [3.05, 3.63) is 17.2 Å². The molecule has 3 heteroatoms. The molecule has 0 aliphatic carbocycles. The van der Waals surface area contributed by atoms with Gasteiger partial charge in [0.2, 0.25) is 0 Å². The Morgan fingerprint density at radius 2 is 1.93 bits per heavy atom. The fraction of sp³-hybridized carbons (Fsp3) is 0.667. The smallest absolute Gasteiger partial charge is 0.162 e. The molecule has 2 rings (SSSR count). The third-order valence-corrected chi connectivity index (χ3v) is 2.61. The Bertz CT molecular complexity index is 397. The average molecular weight is 206 g/mol. The van der Waals surface area contributed by atoms with Crippen LogP contribution in [0.15, 0.2) is 0 Å². The third-order valence-electron chi connectivity index (χ3n) is 2.61. The van der Waals surface area contributed by atoms with Gasteiger partial charge in [-0.2, -0.15) is 0 Å². The van der Waals surface area contributed by atoms with Gasteiger partial charge in [-0.05, 0) is 20.8 Å². The van der Waals surface area contributed by atoms with Gasteiger partial charge in [-0.15, -0.1) is 0 Å². The first-order chi connectivity index (χ1) is 6.89. The fourth-order valence-electron chi connectivity index (χ4n) is 1.87. The van der Waals surface area contributed by atoms with Crippen LogP contribution in [-0.2, 0) is 6.42 Å². The number of aryl methyl sites for hydroxylation is 1. The van der Waals surface area contributed by atoms with Gasteiger partial charge in [-0.3, -0.25) is 0 Å². The lowest BCUT2D eigenvalue weighted by Gasteiger charge is -2.16. The maximum Gasteiger partial charge on any atom is 0.162 e. The highest BCUT2D eigenvalue weighted by Crippen LogP contribution is 2.35. The summed E-state index contributed by atoms with van der Waals surface area (Å²) in [5.74, 6) is 2.19. The van der Waals surface area contributed by atoms with Gasteiger partial charge in [-0.1, -0.05) is 13.8 Å². The molecule has 15 heavy (non-hydrogen) atoms. The summed E-state index contributed by atoms with van der Waals surface area (Å²) >= 11 is 0. The molecule has 0 saturated heterocycles. The minimum absolute atomic E-state index is 0.128. The summed E-state index contributed by atoms with van der Waals surface area (Å²) in [6.07, 6.45) is 0.880. The molecule has 0 N–H and O–H groups in total. The van der Waals surface area contributed by atoms with Crippen LogP contribution in [0.25, 0.3) is 0 Å². The first kappa shape index (κ1) is 10.4. The van der Waals surface area contributed by atoms with Crippen molar-refractivity contribution in [2.45, 2.75) is 52.6 Å². The Morgan fingerprint density at radius 1 is 1.27 bits per heavy atom. The van der Waals surface area contributed by atoms with E-state index in [-0.39, 0.29) is 5.60 Å². The van der Waals surface area contributed by atoms with E-state index in [9.17, 15) is 0 Å². The van der Waals surface area contributed by atoms with Crippen molar-refractivity contribution in [3.8, 4) is 5.75 Å². The maximum atomic E-state index is 5.83. The molecule has 0 radical (unpaired) electrons. The molecule has 2 heterocycles. The molecule has 1 aliphatic heterocycles. The van der Waals surface area contributed by atoms with Crippen molar-refractivity contribution in [3.63, 3.8) is 0 Å². The van der Waals surface area contributed by atoms with E-state index >= 15 is 0 Å². The van der Waals surface area contributed by atoms with Crippen LogP contribution in [0.3, 0.4) is 0 Å². The zero-order chi connectivity index (χ0) is 11.2. The number of hydrogen-bond acceptors (Lipinski definition) is 3. The minimum Gasteiger partial charge on any atom is -0.484 e. The number of hydrogen-bond donors (Lipinski definition) is 0. The summed E-state index contributed by atoms with van der Waals surface area (Å²) in [4.78, 5) is 9.05. The van der Waals surface area contributed by atoms with E-state index in [1.807, 2.05) is 6.92 Å². The Balaban J connectivity index is 2.47. The second kappa shape index (κ2) is 3.19. The largest absolute Gasteiger partial charge is 0.484 e. The summed E-state index contributed by atoms with van der Waals surface area (Å²) in [5.41, 5.74) is 1.91. The Kier molecular flexibility index (Phi) is 2.21. The number of fused-ring (bicyclic) bond motifs is 1. The standard InChI is InChI=1S/C12H18N2O/c1-7(2)11-13-8(3)10-9(14-11)6-12(4,5)15-10/h7H,6H2,1-5H3. The Labute approximate surface area is 90.9 Å². The van der Waals surface area contributed by atoms with Crippen molar-refractivity contribution in [2.24, 2.45) is 0 Å². The van der Waals surface area contributed by atoms with Gasteiger partial charge in [0, 0.05) is 12.3 Å². The predicted molar refractivity (Wildman–Crippen MR) is 59.3 cm³/mol. The van der Waals surface area contributed by atoms with Crippen molar-refractivity contribution >= 4 is 0 Å². The summed E-state index contributed by atoms with van der Waals surface area (Å²) in [5, 5.41) is 0. The molecule has 0 amide bonds. The van der Waals surface area contributed by atoms with Crippen LogP contribution in [0, 0.1) is 6.92 Å². The highest BCUT2D eigenvalue weighted by Gasteiger charge is 2.33. The monoisotopic (exact) mass is 206 g/mol. The lowest BCUT2D eigenvalue weighted by atomic mass is 10.1. The molecule has 1 aliphatic rings. The zero-order valence-corrected chi connectivity index (χ0v) is 10.1. The molecule has 0 spiro atoms. The molecule has 0 aromatic carbocycles.